The highest BCUT2D eigenvalue weighted by Gasteiger charge is 2.58. The quantitative estimate of drug-likeness (QED) is 0.593. The van der Waals surface area contributed by atoms with Gasteiger partial charge in [-0.2, -0.15) is 10.4 Å². The van der Waals surface area contributed by atoms with Gasteiger partial charge in [-0.25, -0.2) is 13.9 Å². The van der Waals surface area contributed by atoms with Crippen molar-refractivity contribution in [2.75, 3.05) is 12.3 Å². The van der Waals surface area contributed by atoms with Crippen molar-refractivity contribution in [3.63, 3.8) is 0 Å². The number of carbonyl (C=O) groups excluding carboxylic acids is 1. The van der Waals surface area contributed by atoms with Crippen molar-refractivity contribution in [3.05, 3.63) is 23.9 Å². The fourth-order valence-corrected chi connectivity index (χ4v) is 2.88. The molecule has 2 aromatic heterocycles. The second-order valence-electron chi connectivity index (χ2n) is 5.76. The molecule has 1 aliphatic heterocycles. The molecule has 138 valence electrons. The molecular weight excluding hydrogens is 349 g/mol. The molecule has 0 saturated carbocycles. The highest BCUT2D eigenvalue weighted by molar-refractivity contribution is 5.69. The van der Waals surface area contributed by atoms with Gasteiger partial charge < -0.3 is 25.4 Å². The van der Waals surface area contributed by atoms with Crippen molar-refractivity contribution < 1.29 is 28.9 Å². The Kier molecular flexibility index (Phi) is 4.49. The summed E-state index contributed by atoms with van der Waals surface area (Å²) in [6.07, 6.45) is -3.32. The van der Waals surface area contributed by atoms with Crippen molar-refractivity contribution in [3.8, 4) is 6.07 Å². The molecule has 0 aliphatic carbocycles. The highest BCUT2D eigenvalue weighted by Crippen LogP contribution is 2.41. The zero-order valence-corrected chi connectivity index (χ0v) is 13.7. The number of esters is 1. The van der Waals surface area contributed by atoms with Crippen molar-refractivity contribution >= 4 is 17.3 Å². The van der Waals surface area contributed by atoms with Gasteiger partial charge in [-0.3, -0.25) is 4.79 Å². The summed E-state index contributed by atoms with van der Waals surface area (Å²) < 4.78 is 25.7. The zero-order valence-electron chi connectivity index (χ0n) is 13.7. The number of hydrogen-bond donors (Lipinski definition) is 3. The Labute approximate surface area is 146 Å². The number of ether oxygens (including phenoxy) is 2. The van der Waals surface area contributed by atoms with Crippen LogP contribution in [0.25, 0.3) is 5.52 Å². The first kappa shape index (κ1) is 18.0. The molecular formula is C15H16FN5O5. The fourth-order valence-electron chi connectivity index (χ4n) is 2.88. The Morgan fingerprint density at radius 1 is 1.62 bits per heavy atom. The Balaban J connectivity index is 2.04. The number of hydrogen-bond acceptors (Lipinski definition) is 9. The molecule has 1 fully saturated rings. The van der Waals surface area contributed by atoms with E-state index in [4.69, 9.17) is 15.2 Å². The maximum absolute atomic E-state index is 14.3. The third kappa shape index (κ3) is 2.55. The van der Waals surface area contributed by atoms with Gasteiger partial charge in [0.2, 0.25) is 5.60 Å². The highest BCUT2D eigenvalue weighted by atomic mass is 19.1. The van der Waals surface area contributed by atoms with Crippen LogP contribution in [0.1, 0.15) is 19.0 Å². The Hall–Kier alpha value is -2.81. The number of halogens is 1. The van der Waals surface area contributed by atoms with E-state index in [1.165, 1.54) is 0 Å². The van der Waals surface area contributed by atoms with E-state index < -0.39 is 35.7 Å². The van der Waals surface area contributed by atoms with E-state index in [0.29, 0.717) is 0 Å². The molecule has 0 radical (unpaired) electrons. The number of nitrogens with two attached hydrogens (primary N) is 1. The summed E-state index contributed by atoms with van der Waals surface area (Å²) in [6, 6.07) is 2.70. The van der Waals surface area contributed by atoms with Gasteiger partial charge in [-0.1, -0.05) is 6.92 Å². The maximum Gasteiger partial charge on any atom is 0.305 e. The van der Waals surface area contributed by atoms with E-state index >= 15 is 0 Å². The topological polar surface area (TPSA) is 156 Å². The van der Waals surface area contributed by atoms with Crippen LogP contribution in [0.2, 0.25) is 0 Å². The zero-order chi connectivity index (χ0) is 19.1. The van der Waals surface area contributed by atoms with E-state index in [1.54, 1.807) is 13.0 Å². The number of aromatic nitrogens is 3. The predicted octanol–water partition coefficient (Wildman–Crippen LogP) is -0.757. The van der Waals surface area contributed by atoms with Crippen LogP contribution in [0.5, 0.6) is 0 Å². The standard InChI is InChI=1S/C15H16FN5O5/c1-2-10(22)25-4-8-12(23)13(24)15(5-17,26-8)9-3-7(16)11-14(18)19-6-20-21(9)11/h3,6,8,12-13,23-24H,2,4H2,1H3,(H2,18,19,20)/t8-,12-,13-,15+/m1/s1. The second kappa shape index (κ2) is 6.49. The summed E-state index contributed by atoms with van der Waals surface area (Å²) in [5, 5.41) is 34.2. The summed E-state index contributed by atoms with van der Waals surface area (Å²) in [5.74, 6) is -1.53. The monoisotopic (exact) mass is 365 g/mol. The van der Waals surface area contributed by atoms with Crippen LogP contribution in [-0.2, 0) is 19.9 Å². The lowest BCUT2D eigenvalue weighted by atomic mass is 9.92. The Morgan fingerprint density at radius 3 is 3.00 bits per heavy atom. The molecule has 4 N–H and O–H groups in total. The molecule has 3 heterocycles. The molecule has 0 bridgehead atoms. The number of aliphatic hydroxyl groups excluding tert-OH is 2. The lowest BCUT2D eigenvalue weighted by Crippen LogP contribution is -2.41. The van der Waals surface area contributed by atoms with Crippen molar-refractivity contribution in [1.82, 2.24) is 14.6 Å². The number of fused-ring (bicyclic) bond motifs is 1. The van der Waals surface area contributed by atoms with Gasteiger partial charge in [0, 0.05) is 12.5 Å². The summed E-state index contributed by atoms with van der Waals surface area (Å²) in [6.45, 7) is 1.21. The van der Waals surface area contributed by atoms with Crippen LogP contribution >= 0.6 is 0 Å². The fraction of sp³-hybridized carbons (Fsp3) is 0.467. The number of anilines is 1. The van der Waals surface area contributed by atoms with Gasteiger partial charge in [0.25, 0.3) is 0 Å². The molecule has 4 atom stereocenters. The third-order valence-corrected chi connectivity index (χ3v) is 4.24. The van der Waals surface area contributed by atoms with Crippen LogP contribution in [0.3, 0.4) is 0 Å². The minimum Gasteiger partial charge on any atom is -0.463 e. The second-order valence-corrected chi connectivity index (χ2v) is 5.76. The average molecular weight is 365 g/mol. The first-order valence-electron chi connectivity index (χ1n) is 7.74. The van der Waals surface area contributed by atoms with Gasteiger partial charge in [0.05, 0.1) is 5.69 Å². The smallest absolute Gasteiger partial charge is 0.305 e. The molecule has 2 aromatic rings. The van der Waals surface area contributed by atoms with Crippen LogP contribution < -0.4 is 5.73 Å². The maximum atomic E-state index is 14.3. The van der Waals surface area contributed by atoms with Crippen LogP contribution in [0.15, 0.2) is 12.4 Å². The molecule has 3 rings (SSSR count). The molecule has 10 nitrogen and oxygen atoms in total. The van der Waals surface area contributed by atoms with Crippen LogP contribution in [0.4, 0.5) is 10.2 Å². The largest absolute Gasteiger partial charge is 0.463 e. The first-order chi connectivity index (χ1) is 12.4. The van der Waals surface area contributed by atoms with Gasteiger partial charge >= 0.3 is 5.97 Å². The Bertz CT molecular complexity index is 896. The van der Waals surface area contributed by atoms with Gasteiger partial charge in [0.1, 0.15) is 42.8 Å². The van der Waals surface area contributed by atoms with Crippen molar-refractivity contribution in [2.45, 2.75) is 37.3 Å². The average Bonchev–Trinajstić information content (AvgIpc) is 3.10. The summed E-state index contributed by atoms with van der Waals surface area (Å²) in [5.41, 5.74) is 3.13. The normalized spacial score (nSPS) is 28.2. The molecule has 11 heteroatoms. The minimum absolute atomic E-state index is 0.111. The molecule has 1 saturated heterocycles. The summed E-state index contributed by atoms with van der Waals surface area (Å²) in [4.78, 5) is 15.0. The molecule has 0 amide bonds. The Morgan fingerprint density at radius 2 is 2.35 bits per heavy atom. The van der Waals surface area contributed by atoms with Crippen molar-refractivity contribution in [1.29, 1.82) is 5.26 Å². The van der Waals surface area contributed by atoms with E-state index in [1.807, 2.05) is 0 Å². The lowest BCUT2D eigenvalue weighted by molar-refractivity contribution is -0.150. The molecule has 1 aliphatic rings. The van der Waals surface area contributed by atoms with E-state index in [9.17, 15) is 24.7 Å². The first-order valence-corrected chi connectivity index (χ1v) is 7.74. The summed E-state index contributed by atoms with van der Waals surface area (Å²) in [7, 11) is 0. The number of carbonyl (C=O) groups is 1. The van der Waals surface area contributed by atoms with E-state index in [-0.39, 0.29) is 30.1 Å². The van der Waals surface area contributed by atoms with E-state index in [2.05, 4.69) is 10.1 Å². The van der Waals surface area contributed by atoms with Crippen LogP contribution in [0, 0.1) is 17.1 Å². The lowest BCUT2D eigenvalue weighted by Gasteiger charge is -2.24. The molecule has 26 heavy (non-hydrogen) atoms. The number of rotatable bonds is 4. The number of aliphatic hydroxyl groups is 2. The number of nitrogens with zero attached hydrogens (tertiary/aromatic N) is 4. The van der Waals surface area contributed by atoms with E-state index in [0.717, 1.165) is 16.9 Å². The molecule has 0 spiro atoms. The van der Waals surface area contributed by atoms with Crippen LogP contribution in [-0.4, -0.2) is 55.7 Å². The van der Waals surface area contributed by atoms with Gasteiger partial charge in [-0.15, -0.1) is 0 Å². The number of nitriles is 1. The minimum atomic E-state index is -2.14. The SMILES string of the molecule is CCC(=O)OC[C@H]1O[C@@](C#N)(c2cc(F)c3c(N)ncnn23)[C@H](O)[C@@H]1O. The summed E-state index contributed by atoms with van der Waals surface area (Å²) >= 11 is 0. The number of nitrogen functional groups attached to an aromatic ring is 1. The molecule has 0 unspecified atom stereocenters. The van der Waals surface area contributed by atoms with Crippen molar-refractivity contribution in [2.24, 2.45) is 0 Å². The molecule has 0 aromatic carbocycles. The predicted molar refractivity (Wildman–Crippen MR) is 82.8 cm³/mol. The van der Waals surface area contributed by atoms with Gasteiger partial charge in [-0.05, 0) is 0 Å². The van der Waals surface area contributed by atoms with Gasteiger partial charge in [0.15, 0.2) is 11.6 Å². The third-order valence-electron chi connectivity index (χ3n) is 4.24.